The highest BCUT2D eigenvalue weighted by molar-refractivity contribution is 5.02. The van der Waals surface area contributed by atoms with E-state index in [-0.39, 0.29) is 17.7 Å². The summed E-state index contributed by atoms with van der Waals surface area (Å²) in [6.07, 6.45) is 1.21. The van der Waals surface area contributed by atoms with Crippen molar-refractivity contribution in [2.75, 3.05) is 0 Å². The minimum absolute atomic E-state index is 0.0352. The van der Waals surface area contributed by atoms with Crippen molar-refractivity contribution in [3.05, 3.63) is 12.4 Å². The molecule has 1 saturated heterocycles. The van der Waals surface area contributed by atoms with E-state index < -0.39 is 0 Å². The van der Waals surface area contributed by atoms with Gasteiger partial charge in [0.1, 0.15) is 0 Å². The highest BCUT2D eigenvalue weighted by Gasteiger charge is 2.46. The van der Waals surface area contributed by atoms with E-state index in [0.29, 0.717) is 11.7 Å². The fourth-order valence-corrected chi connectivity index (χ4v) is 2.25. The van der Waals surface area contributed by atoms with Crippen LogP contribution >= 0.6 is 0 Å². The van der Waals surface area contributed by atoms with E-state index in [1.165, 1.54) is 0 Å². The van der Waals surface area contributed by atoms with Crippen LogP contribution in [0.5, 0.6) is 0 Å². The Kier molecular flexibility index (Phi) is 3.10. The molecule has 3 heteroatoms. The van der Waals surface area contributed by atoms with Gasteiger partial charge >= 0.3 is 0 Å². The summed E-state index contributed by atoms with van der Waals surface area (Å²) in [7, 11) is 0. The van der Waals surface area contributed by atoms with Crippen LogP contribution in [-0.2, 0) is 4.74 Å². The summed E-state index contributed by atoms with van der Waals surface area (Å²) in [6.45, 7) is 12.3. The van der Waals surface area contributed by atoms with E-state index in [0.717, 1.165) is 6.42 Å². The number of hydrogen-bond acceptors (Lipinski definition) is 3. The van der Waals surface area contributed by atoms with Gasteiger partial charge in [0, 0.05) is 5.92 Å². The van der Waals surface area contributed by atoms with E-state index in [1.807, 2.05) is 0 Å². The van der Waals surface area contributed by atoms with Crippen molar-refractivity contribution in [2.24, 2.45) is 11.7 Å². The van der Waals surface area contributed by atoms with Crippen molar-refractivity contribution in [2.45, 2.75) is 51.9 Å². The Hall–Kier alpha value is -0.700. The topological polar surface area (TPSA) is 47.3 Å². The Labute approximate surface area is 86.7 Å². The maximum Gasteiger partial charge on any atom is 0.0889 e. The van der Waals surface area contributed by atoms with Gasteiger partial charge < -0.3 is 15.8 Å². The normalized spacial score (nSPS) is 42.4. The third-order valence-corrected chi connectivity index (χ3v) is 3.52. The van der Waals surface area contributed by atoms with Crippen LogP contribution in [0.2, 0.25) is 0 Å². The first-order valence-corrected chi connectivity index (χ1v) is 5.29. The Morgan fingerprint density at radius 2 is 2.14 bits per heavy atom. The van der Waals surface area contributed by atoms with Gasteiger partial charge in [0.05, 0.1) is 23.6 Å². The molecule has 0 aliphatic carbocycles. The first-order valence-electron chi connectivity index (χ1n) is 5.29. The molecule has 14 heavy (non-hydrogen) atoms. The fraction of sp³-hybridized carbons (Fsp3) is 0.818. The summed E-state index contributed by atoms with van der Waals surface area (Å²) in [6, 6.07) is 0.275. The quantitative estimate of drug-likeness (QED) is 0.724. The molecule has 1 aliphatic rings. The van der Waals surface area contributed by atoms with Crippen LogP contribution in [0.4, 0.5) is 0 Å². The molecule has 1 aliphatic heterocycles. The summed E-state index contributed by atoms with van der Waals surface area (Å²) in [5.74, 6) is 0.973. The lowest BCUT2D eigenvalue weighted by atomic mass is 9.84. The minimum atomic E-state index is -0.0352. The molecule has 0 radical (unpaired) electrons. The van der Waals surface area contributed by atoms with Crippen molar-refractivity contribution in [3.63, 3.8) is 0 Å². The van der Waals surface area contributed by atoms with Gasteiger partial charge in [0.15, 0.2) is 0 Å². The monoisotopic (exact) mass is 198 g/mol. The van der Waals surface area contributed by atoms with Gasteiger partial charge in [-0.3, -0.25) is 0 Å². The van der Waals surface area contributed by atoms with E-state index >= 15 is 0 Å². The molecule has 3 nitrogen and oxygen atoms in total. The summed E-state index contributed by atoms with van der Waals surface area (Å²) in [5, 5.41) is 3.19. The molecule has 0 aromatic carbocycles. The van der Waals surface area contributed by atoms with E-state index in [9.17, 15) is 0 Å². The van der Waals surface area contributed by atoms with Crippen LogP contribution in [-0.4, -0.2) is 17.7 Å². The predicted octanol–water partition coefficient (Wildman–Crippen LogP) is 1.60. The Balaban J connectivity index is 2.74. The lowest BCUT2D eigenvalue weighted by Gasteiger charge is -2.28. The average molecular weight is 198 g/mol. The minimum Gasteiger partial charge on any atom is -0.386 e. The number of nitrogens with one attached hydrogen (secondary N) is 1. The zero-order valence-corrected chi connectivity index (χ0v) is 9.63. The Morgan fingerprint density at radius 3 is 2.50 bits per heavy atom. The first kappa shape index (κ1) is 11.4. The van der Waals surface area contributed by atoms with Crippen molar-refractivity contribution in [1.29, 1.82) is 0 Å². The van der Waals surface area contributed by atoms with E-state index in [2.05, 4.69) is 39.6 Å². The van der Waals surface area contributed by atoms with E-state index in [4.69, 9.17) is 10.5 Å². The molecule has 82 valence electrons. The molecule has 1 fully saturated rings. The second-order valence-electron chi connectivity index (χ2n) is 4.47. The number of rotatable bonds is 3. The molecule has 0 saturated carbocycles. The summed E-state index contributed by atoms with van der Waals surface area (Å²) < 4.78 is 5.96. The smallest absolute Gasteiger partial charge is 0.0889 e. The zero-order valence-electron chi connectivity index (χ0n) is 9.63. The van der Waals surface area contributed by atoms with Gasteiger partial charge in [-0.1, -0.05) is 20.4 Å². The van der Waals surface area contributed by atoms with Crippen LogP contribution in [0.15, 0.2) is 12.4 Å². The van der Waals surface area contributed by atoms with Gasteiger partial charge in [0.2, 0.25) is 0 Å². The second kappa shape index (κ2) is 3.81. The average Bonchev–Trinajstić information content (AvgIpc) is 2.30. The van der Waals surface area contributed by atoms with Crippen LogP contribution in [0.1, 0.15) is 34.1 Å². The molecule has 0 bridgehead atoms. The molecular formula is C11H22N2O. The summed E-state index contributed by atoms with van der Waals surface area (Å²) in [4.78, 5) is 0. The third-order valence-electron chi connectivity index (χ3n) is 3.52. The zero-order chi connectivity index (χ0) is 10.9. The van der Waals surface area contributed by atoms with Crippen LogP contribution in [0.3, 0.4) is 0 Å². The molecule has 3 N–H and O–H groups in total. The Morgan fingerprint density at radius 1 is 1.57 bits per heavy atom. The maximum atomic E-state index is 5.96. The number of hydrogen-bond donors (Lipinski definition) is 2. The van der Waals surface area contributed by atoms with Gasteiger partial charge in [0.25, 0.3) is 0 Å². The summed E-state index contributed by atoms with van der Waals surface area (Å²) >= 11 is 0. The van der Waals surface area contributed by atoms with Gasteiger partial charge in [-0.2, -0.15) is 0 Å². The Bertz CT molecular complexity index is 229. The second-order valence-corrected chi connectivity index (χ2v) is 4.47. The molecule has 0 spiro atoms. The molecule has 1 rings (SSSR count). The van der Waals surface area contributed by atoms with Gasteiger partial charge in [-0.25, -0.2) is 0 Å². The molecular weight excluding hydrogens is 176 g/mol. The highest BCUT2D eigenvalue weighted by atomic mass is 16.5. The lowest BCUT2D eigenvalue weighted by molar-refractivity contribution is -0.0389. The van der Waals surface area contributed by atoms with Crippen molar-refractivity contribution in [1.82, 2.24) is 5.32 Å². The van der Waals surface area contributed by atoms with Gasteiger partial charge in [-0.05, 0) is 20.3 Å². The van der Waals surface area contributed by atoms with E-state index in [1.54, 1.807) is 0 Å². The van der Waals surface area contributed by atoms with Gasteiger partial charge in [-0.15, -0.1) is 0 Å². The first-order chi connectivity index (χ1) is 6.40. The van der Waals surface area contributed by atoms with Crippen LogP contribution in [0, 0.1) is 5.92 Å². The van der Waals surface area contributed by atoms with Crippen molar-refractivity contribution < 1.29 is 4.74 Å². The molecule has 0 aromatic heterocycles. The lowest BCUT2D eigenvalue weighted by Crippen LogP contribution is -2.42. The van der Waals surface area contributed by atoms with Crippen molar-refractivity contribution >= 4 is 0 Å². The summed E-state index contributed by atoms with van der Waals surface area (Å²) in [5.41, 5.74) is 5.53. The SMILES string of the molecule is C=C(N)NC1C(C)OC(C)(CC)C1C. The van der Waals surface area contributed by atoms with Crippen LogP contribution < -0.4 is 11.1 Å². The number of nitrogens with two attached hydrogens (primary N) is 1. The fourth-order valence-electron chi connectivity index (χ4n) is 2.25. The molecule has 0 amide bonds. The molecule has 4 unspecified atom stereocenters. The molecule has 1 heterocycles. The molecule has 4 atom stereocenters. The maximum absolute atomic E-state index is 5.96. The largest absolute Gasteiger partial charge is 0.386 e. The predicted molar refractivity (Wildman–Crippen MR) is 58.7 cm³/mol. The molecule has 0 aromatic rings. The number of ether oxygens (including phenoxy) is 1. The van der Waals surface area contributed by atoms with Crippen LogP contribution in [0.25, 0.3) is 0 Å². The standard InChI is InChI=1S/C11H22N2O/c1-6-11(5)7(2)10(8(3)14-11)13-9(4)12/h7-8,10,13H,4,6,12H2,1-3,5H3. The highest BCUT2D eigenvalue weighted by Crippen LogP contribution is 2.38. The van der Waals surface area contributed by atoms with Crippen molar-refractivity contribution in [3.8, 4) is 0 Å². The third kappa shape index (κ3) is 1.87.